The predicted octanol–water partition coefficient (Wildman–Crippen LogP) is 3.06. The lowest BCUT2D eigenvalue weighted by Crippen LogP contribution is -2.28. The molecule has 0 atom stereocenters. The van der Waals surface area contributed by atoms with Gasteiger partial charge in [0.05, 0.1) is 0 Å². The van der Waals surface area contributed by atoms with E-state index < -0.39 is 0 Å². The Balaban J connectivity index is 2.40. The van der Waals surface area contributed by atoms with Crippen LogP contribution in [-0.4, -0.2) is 19.1 Å². The molecule has 0 aliphatic carbocycles. The van der Waals surface area contributed by atoms with E-state index in [0.29, 0.717) is 6.04 Å². The molecule has 0 spiro atoms. The third kappa shape index (κ3) is 4.54. The van der Waals surface area contributed by atoms with E-state index >= 15 is 0 Å². The minimum absolute atomic E-state index is 0.534. The van der Waals surface area contributed by atoms with Crippen molar-refractivity contribution in [1.82, 2.24) is 5.32 Å². The fourth-order valence-corrected chi connectivity index (χ4v) is 1.51. The zero-order chi connectivity index (χ0) is 11.3. The molecule has 0 heterocycles. The third-order valence-corrected chi connectivity index (χ3v) is 2.43. The minimum atomic E-state index is 0.534. The lowest BCUT2D eigenvalue weighted by molar-refractivity contribution is 0.602. The highest BCUT2D eigenvalue weighted by Gasteiger charge is 1.98. The van der Waals surface area contributed by atoms with Crippen molar-refractivity contribution in [1.29, 1.82) is 0 Å². The van der Waals surface area contributed by atoms with Crippen LogP contribution in [0.4, 0.5) is 5.69 Å². The number of hydrogen-bond acceptors (Lipinski definition) is 2. The molecule has 0 bridgehead atoms. The first-order valence-electron chi connectivity index (χ1n) is 5.33. The molecule has 3 heteroatoms. The predicted molar refractivity (Wildman–Crippen MR) is 67.8 cm³/mol. The van der Waals surface area contributed by atoms with Crippen LogP contribution in [0.5, 0.6) is 0 Å². The van der Waals surface area contributed by atoms with E-state index in [1.807, 2.05) is 18.2 Å². The quantitative estimate of drug-likeness (QED) is 0.755. The molecule has 0 amide bonds. The molecule has 84 valence electrons. The van der Waals surface area contributed by atoms with E-state index in [9.17, 15) is 0 Å². The van der Waals surface area contributed by atoms with Crippen molar-refractivity contribution in [3.63, 3.8) is 0 Å². The molecule has 0 saturated carbocycles. The van der Waals surface area contributed by atoms with Gasteiger partial charge < -0.3 is 10.6 Å². The summed E-state index contributed by atoms with van der Waals surface area (Å²) in [5.41, 5.74) is 2.34. The molecule has 1 rings (SSSR count). The molecule has 0 fully saturated rings. The second kappa shape index (κ2) is 5.99. The Morgan fingerprint density at radius 3 is 2.67 bits per heavy atom. The summed E-state index contributed by atoms with van der Waals surface area (Å²) in [7, 11) is 0. The van der Waals surface area contributed by atoms with Gasteiger partial charge in [0.15, 0.2) is 0 Å². The largest absolute Gasteiger partial charge is 0.384 e. The maximum absolute atomic E-state index is 5.92. The van der Waals surface area contributed by atoms with Gasteiger partial charge in [-0.2, -0.15) is 0 Å². The van der Waals surface area contributed by atoms with Crippen LogP contribution in [0.2, 0.25) is 5.02 Å². The monoisotopic (exact) mass is 226 g/mol. The van der Waals surface area contributed by atoms with Crippen molar-refractivity contribution in [2.24, 2.45) is 0 Å². The molecule has 2 nitrogen and oxygen atoms in total. The lowest BCUT2D eigenvalue weighted by atomic mass is 10.2. The molecule has 0 unspecified atom stereocenters. The third-order valence-electron chi connectivity index (χ3n) is 2.19. The Bertz CT molecular complexity index is 310. The summed E-state index contributed by atoms with van der Waals surface area (Å²) in [6.07, 6.45) is 0. The number of anilines is 1. The van der Waals surface area contributed by atoms with Gasteiger partial charge in [-0.25, -0.2) is 0 Å². The zero-order valence-corrected chi connectivity index (χ0v) is 10.4. The summed E-state index contributed by atoms with van der Waals surface area (Å²) < 4.78 is 0. The first-order chi connectivity index (χ1) is 7.09. The molecule has 0 aliphatic rings. The van der Waals surface area contributed by atoms with Crippen molar-refractivity contribution in [3.8, 4) is 0 Å². The van der Waals surface area contributed by atoms with E-state index in [4.69, 9.17) is 11.6 Å². The first-order valence-corrected chi connectivity index (χ1v) is 5.71. The Kier molecular flexibility index (Phi) is 4.92. The van der Waals surface area contributed by atoms with Crippen LogP contribution in [-0.2, 0) is 0 Å². The van der Waals surface area contributed by atoms with Crippen molar-refractivity contribution in [2.45, 2.75) is 26.8 Å². The summed E-state index contributed by atoms with van der Waals surface area (Å²) in [6, 6.07) is 6.44. The Labute approximate surface area is 97.0 Å². The second-order valence-electron chi connectivity index (χ2n) is 3.99. The number of aryl methyl sites for hydroxylation is 1. The molecule has 0 radical (unpaired) electrons. The van der Waals surface area contributed by atoms with E-state index in [1.54, 1.807) is 0 Å². The maximum Gasteiger partial charge on any atom is 0.0426 e. The Morgan fingerprint density at radius 2 is 2.00 bits per heavy atom. The summed E-state index contributed by atoms with van der Waals surface area (Å²) in [5.74, 6) is 0. The number of rotatable bonds is 5. The van der Waals surface area contributed by atoms with Crippen molar-refractivity contribution in [3.05, 3.63) is 28.8 Å². The van der Waals surface area contributed by atoms with E-state index in [1.165, 1.54) is 5.56 Å². The van der Waals surface area contributed by atoms with Crippen LogP contribution in [0.1, 0.15) is 19.4 Å². The summed E-state index contributed by atoms with van der Waals surface area (Å²) >= 11 is 5.92. The highest BCUT2D eigenvalue weighted by atomic mass is 35.5. The lowest BCUT2D eigenvalue weighted by Gasteiger charge is -2.12. The fraction of sp³-hybridized carbons (Fsp3) is 0.500. The average Bonchev–Trinajstić information content (AvgIpc) is 2.17. The van der Waals surface area contributed by atoms with Crippen molar-refractivity contribution < 1.29 is 0 Å². The zero-order valence-electron chi connectivity index (χ0n) is 9.60. The van der Waals surface area contributed by atoms with Gasteiger partial charge in [-0.05, 0) is 24.6 Å². The van der Waals surface area contributed by atoms with Gasteiger partial charge >= 0.3 is 0 Å². The highest BCUT2D eigenvalue weighted by Crippen LogP contribution is 2.19. The highest BCUT2D eigenvalue weighted by molar-refractivity contribution is 6.30. The van der Waals surface area contributed by atoms with Crippen molar-refractivity contribution >= 4 is 17.3 Å². The van der Waals surface area contributed by atoms with Gasteiger partial charge in [0.2, 0.25) is 0 Å². The minimum Gasteiger partial charge on any atom is -0.384 e. The van der Waals surface area contributed by atoms with Gasteiger partial charge in [0, 0.05) is 29.8 Å². The van der Waals surface area contributed by atoms with Gasteiger partial charge in [-0.1, -0.05) is 31.5 Å². The topological polar surface area (TPSA) is 24.1 Å². The van der Waals surface area contributed by atoms with Crippen LogP contribution < -0.4 is 10.6 Å². The Hall–Kier alpha value is -0.730. The van der Waals surface area contributed by atoms with Crippen LogP contribution >= 0.6 is 11.6 Å². The molecule has 0 aromatic heterocycles. The molecular weight excluding hydrogens is 208 g/mol. The summed E-state index contributed by atoms with van der Waals surface area (Å²) in [5, 5.41) is 7.49. The van der Waals surface area contributed by atoms with E-state index in [2.05, 4.69) is 31.4 Å². The average molecular weight is 227 g/mol. The van der Waals surface area contributed by atoms with Crippen LogP contribution in [0, 0.1) is 6.92 Å². The van der Waals surface area contributed by atoms with Crippen LogP contribution in [0.3, 0.4) is 0 Å². The fourth-order valence-electron chi connectivity index (χ4n) is 1.34. The summed E-state index contributed by atoms with van der Waals surface area (Å²) in [6.45, 7) is 8.24. The van der Waals surface area contributed by atoms with Crippen molar-refractivity contribution in [2.75, 3.05) is 18.4 Å². The number of benzene rings is 1. The molecule has 1 aromatic rings. The standard InChI is InChI=1S/C12H19ClN2/c1-9(2)14-6-7-15-12-8-11(13)5-4-10(12)3/h4-5,8-9,14-15H,6-7H2,1-3H3. The smallest absolute Gasteiger partial charge is 0.0426 e. The van der Waals surface area contributed by atoms with Gasteiger partial charge in [-0.3, -0.25) is 0 Å². The molecule has 1 aromatic carbocycles. The molecule has 2 N–H and O–H groups in total. The first kappa shape index (κ1) is 12.3. The Morgan fingerprint density at radius 1 is 1.27 bits per heavy atom. The van der Waals surface area contributed by atoms with Crippen LogP contribution in [0.25, 0.3) is 0 Å². The van der Waals surface area contributed by atoms with Crippen LogP contribution in [0.15, 0.2) is 18.2 Å². The summed E-state index contributed by atoms with van der Waals surface area (Å²) in [4.78, 5) is 0. The molecule has 0 saturated heterocycles. The van der Waals surface area contributed by atoms with E-state index in [0.717, 1.165) is 23.8 Å². The number of nitrogens with one attached hydrogen (secondary N) is 2. The van der Waals surface area contributed by atoms with Gasteiger partial charge in [-0.15, -0.1) is 0 Å². The number of hydrogen-bond donors (Lipinski definition) is 2. The molecule has 15 heavy (non-hydrogen) atoms. The molecule has 0 aliphatic heterocycles. The van der Waals surface area contributed by atoms with E-state index in [-0.39, 0.29) is 0 Å². The SMILES string of the molecule is Cc1ccc(Cl)cc1NCCNC(C)C. The number of halogens is 1. The second-order valence-corrected chi connectivity index (χ2v) is 4.43. The van der Waals surface area contributed by atoms with Gasteiger partial charge in [0.25, 0.3) is 0 Å². The molecular formula is C12H19ClN2. The van der Waals surface area contributed by atoms with Gasteiger partial charge in [0.1, 0.15) is 0 Å². The normalized spacial score (nSPS) is 10.7. The maximum atomic E-state index is 5.92.